The normalized spacial score (nSPS) is 15.1. The lowest BCUT2D eigenvalue weighted by molar-refractivity contribution is 0.304. The lowest BCUT2D eigenvalue weighted by Crippen LogP contribution is -2.42. The monoisotopic (exact) mass is 208 g/mol. The van der Waals surface area contributed by atoms with Crippen molar-refractivity contribution in [3.05, 3.63) is 29.8 Å². The molecule has 0 heterocycles. The van der Waals surface area contributed by atoms with Gasteiger partial charge in [-0.15, -0.1) is 0 Å². The van der Waals surface area contributed by atoms with Gasteiger partial charge in [-0.25, -0.2) is 0 Å². The Hall–Kier alpha value is -1.06. The second-order valence-corrected chi connectivity index (χ2v) is 4.38. The third kappa shape index (κ3) is 3.22. The molecule has 0 aliphatic rings. The molecular weight excluding hydrogens is 188 g/mol. The molecule has 0 aliphatic heterocycles. The first-order valence-electron chi connectivity index (χ1n) is 5.04. The average Bonchev–Trinajstić information content (AvgIpc) is 2.16. The van der Waals surface area contributed by atoms with E-state index < -0.39 is 0 Å². The Morgan fingerprint density at radius 3 is 2.20 bits per heavy atom. The predicted octanol–water partition coefficient (Wildman–Crippen LogP) is 1.43. The van der Waals surface area contributed by atoms with Gasteiger partial charge < -0.3 is 15.4 Å². The van der Waals surface area contributed by atoms with Crippen LogP contribution in [0.15, 0.2) is 24.3 Å². The van der Waals surface area contributed by atoms with Gasteiger partial charge in [0.1, 0.15) is 5.75 Å². The zero-order chi connectivity index (χ0) is 11.5. The van der Waals surface area contributed by atoms with Crippen LogP contribution in [0.25, 0.3) is 0 Å². The lowest BCUT2D eigenvalue weighted by atomic mass is 9.93. The van der Waals surface area contributed by atoms with E-state index in [1.165, 1.54) is 0 Å². The van der Waals surface area contributed by atoms with Crippen molar-refractivity contribution in [3.63, 3.8) is 0 Å². The van der Waals surface area contributed by atoms with Gasteiger partial charge >= 0.3 is 0 Å². The summed E-state index contributed by atoms with van der Waals surface area (Å²) in [6.45, 7) is 2.86. The number of nitrogens with two attached hydrogens (primary N) is 1. The molecule has 0 amide bonds. The minimum absolute atomic E-state index is 0.324. The molecule has 0 radical (unpaired) electrons. The third-order valence-electron chi connectivity index (χ3n) is 2.39. The van der Waals surface area contributed by atoms with Crippen LogP contribution in [0.2, 0.25) is 0 Å². The Balaban J connectivity index is 2.85. The Bertz CT molecular complexity index is 304. The zero-order valence-electron chi connectivity index (χ0n) is 9.95. The number of benzene rings is 1. The molecule has 84 valence electrons. The van der Waals surface area contributed by atoms with Crippen LogP contribution < -0.4 is 10.5 Å². The molecule has 0 fully saturated rings. The second-order valence-electron chi connectivity index (χ2n) is 4.38. The van der Waals surface area contributed by atoms with E-state index in [4.69, 9.17) is 10.5 Å². The molecule has 3 nitrogen and oxygen atoms in total. The fourth-order valence-corrected chi connectivity index (χ4v) is 1.72. The molecule has 0 saturated heterocycles. The van der Waals surface area contributed by atoms with Gasteiger partial charge in [-0.1, -0.05) is 12.1 Å². The van der Waals surface area contributed by atoms with Gasteiger partial charge in [0, 0.05) is 6.54 Å². The molecular formula is C12H20N2O. The Labute approximate surface area is 91.8 Å². The number of hydrogen-bond donors (Lipinski definition) is 1. The van der Waals surface area contributed by atoms with Gasteiger partial charge in [0.25, 0.3) is 0 Å². The van der Waals surface area contributed by atoms with Crippen LogP contribution in [0.1, 0.15) is 12.5 Å². The number of rotatable bonds is 4. The highest BCUT2D eigenvalue weighted by Gasteiger charge is 2.21. The molecule has 1 atom stereocenters. The van der Waals surface area contributed by atoms with Crippen molar-refractivity contribution in [1.29, 1.82) is 0 Å². The molecule has 1 rings (SSSR count). The summed E-state index contributed by atoms with van der Waals surface area (Å²) in [7, 11) is 5.71. The summed E-state index contributed by atoms with van der Waals surface area (Å²) in [5.74, 6) is 0.861. The van der Waals surface area contributed by atoms with Crippen molar-refractivity contribution in [2.24, 2.45) is 5.73 Å². The van der Waals surface area contributed by atoms with E-state index in [1.807, 2.05) is 45.3 Å². The van der Waals surface area contributed by atoms with Crippen molar-refractivity contribution < 1.29 is 4.74 Å². The first kappa shape index (κ1) is 12.0. The van der Waals surface area contributed by atoms with Crippen molar-refractivity contribution in [1.82, 2.24) is 4.90 Å². The van der Waals surface area contributed by atoms with Crippen molar-refractivity contribution in [2.45, 2.75) is 12.5 Å². The molecule has 3 heteroatoms. The summed E-state index contributed by atoms with van der Waals surface area (Å²) in [6, 6.07) is 7.91. The summed E-state index contributed by atoms with van der Waals surface area (Å²) in [5, 5.41) is 0. The van der Waals surface area contributed by atoms with Crippen molar-refractivity contribution >= 4 is 0 Å². The van der Waals surface area contributed by atoms with Gasteiger partial charge in [-0.05, 0) is 38.7 Å². The molecule has 15 heavy (non-hydrogen) atoms. The maximum atomic E-state index is 6.25. The van der Waals surface area contributed by atoms with Crippen LogP contribution in [-0.4, -0.2) is 32.6 Å². The number of nitrogens with zero attached hydrogens (tertiary/aromatic N) is 1. The van der Waals surface area contributed by atoms with Crippen LogP contribution in [0.5, 0.6) is 5.75 Å². The molecule has 0 aliphatic carbocycles. The van der Waals surface area contributed by atoms with E-state index in [2.05, 4.69) is 4.90 Å². The van der Waals surface area contributed by atoms with E-state index in [-0.39, 0.29) is 5.54 Å². The maximum Gasteiger partial charge on any atom is 0.118 e. The fraction of sp³-hybridized carbons (Fsp3) is 0.500. The average molecular weight is 208 g/mol. The fourth-order valence-electron chi connectivity index (χ4n) is 1.72. The summed E-state index contributed by atoms with van der Waals surface area (Å²) in [6.07, 6.45) is 0. The first-order chi connectivity index (χ1) is 6.95. The summed E-state index contributed by atoms with van der Waals surface area (Å²) in [5.41, 5.74) is 7.05. The Kier molecular flexibility index (Phi) is 3.72. The zero-order valence-corrected chi connectivity index (χ0v) is 9.95. The highest BCUT2D eigenvalue weighted by molar-refractivity contribution is 5.31. The van der Waals surface area contributed by atoms with E-state index in [0.717, 1.165) is 17.9 Å². The second kappa shape index (κ2) is 4.64. The van der Waals surface area contributed by atoms with Crippen LogP contribution in [0, 0.1) is 0 Å². The first-order valence-corrected chi connectivity index (χ1v) is 5.04. The molecule has 2 N–H and O–H groups in total. The number of methoxy groups -OCH3 is 1. The molecule has 1 unspecified atom stereocenters. The van der Waals surface area contributed by atoms with Crippen LogP contribution in [0.3, 0.4) is 0 Å². The minimum atomic E-state index is -0.324. The highest BCUT2D eigenvalue weighted by Crippen LogP contribution is 2.21. The standard InChI is InChI=1S/C12H20N2O/c1-12(13,9-14(2)3)10-5-7-11(15-4)8-6-10/h5-8H,9,13H2,1-4H3. The van der Waals surface area contributed by atoms with E-state index in [9.17, 15) is 0 Å². The van der Waals surface area contributed by atoms with Gasteiger partial charge in [0.05, 0.1) is 12.6 Å². The molecule has 0 spiro atoms. The minimum Gasteiger partial charge on any atom is -0.497 e. The largest absolute Gasteiger partial charge is 0.497 e. The predicted molar refractivity (Wildman–Crippen MR) is 63.1 cm³/mol. The highest BCUT2D eigenvalue weighted by atomic mass is 16.5. The third-order valence-corrected chi connectivity index (χ3v) is 2.39. The lowest BCUT2D eigenvalue weighted by Gasteiger charge is -2.28. The molecule has 1 aromatic carbocycles. The molecule has 1 aromatic rings. The quantitative estimate of drug-likeness (QED) is 0.813. The smallest absolute Gasteiger partial charge is 0.118 e. The molecule has 0 saturated carbocycles. The van der Waals surface area contributed by atoms with Gasteiger partial charge in [-0.2, -0.15) is 0 Å². The Morgan fingerprint density at radius 1 is 1.27 bits per heavy atom. The summed E-state index contributed by atoms with van der Waals surface area (Å²) >= 11 is 0. The van der Waals surface area contributed by atoms with Crippen LogP contribution >= 0.6 is 0 Å². The molecule has 0 bridgehead atoms. The maximum absolute atomic E-state index is 6.25. The topological polar surface area (TPSA) is 38.5 Å². The number of ether oxygens (including phenoxy) is 1. The summed E-state index contributed by atoms with van der Waals surface area (Å²) < 4.78 is 5.11. The van der Waals surface area contributed by atoms with Gasteiger partial charge in [0.2, 0.25) is 0 Å². The number of hydrogen-bond acceptors (Lipinski definition) is 3. The van der Waals surface area contributed by atoms with Crippen molar-refractivity contribution in [2.75, 3.05) is 27.7 Å². The van der Waals surface area contributed by atoms with E-state index >= 15 is 0 Å². The van der Waals surface area contributed by atoms with Crippen LogP contribution in [-0.2, 0) is 5.54 Å². The van der Waals surface area contributed by atoms with Crippen LogP contribution in [0.4, 0.5) is 0 Å². The van der Waals surface area contributed by atoms with E-state index in [0.29, 0.717) is 0 Å². The van der Waals surface area contributed by atoms with Crippen molar-refractivity contribution in [3.8, 4) is 5.75 Å². The summed E-state index contributed by atoms with van der Waals surface area (Å²) in [4.78, 5) is 2.09. The van der Waals surface area contributed by atoms with E-state index in [1.54, 1.807) is 7.11 Å². The van der Waals surface area contributed by atoms with Gasteiger partial charge in [0.15, 0.2) is 0 Å². The van der Waals surface area contributed by atoms with Gasteiger partial charge in [-0.3, -0.25) is 0 Å². The Morgan fingerprint density at radius 2 is 1.80 bits per heavy atom. The molecule has 0 aromatic heterocycles. The SMILES string of the molecule is COc1ccc(C(C)(N)CN(C)C)cc1. The number of likely N-dealkylation sites (N-methyl/N-ethyl adjacent to an activating group) is 1.